The molecule has 0 aromatic rings. The van der Waals surface area contributed by atoms with Crippen LogP contribution < -0.4 is 0 Å². The fourth-order valence-electron chi connectivity index (χ4n) is 9.04. The van der Waals surface area contributed by atoms with E-state index in [0.717, 1.165) is 54.8 Å². The van der Waals surface area contributed by atoms with Gasteiger partial charge < -0.3 is 9.84 Å². The number of halogens is 1. The lowest BCUT2D eigenvalue weighted by Gasteiger charge is -2.61. The molecule has 1 N–H and O–H groups in total. The first kappa shape index (κ1) is 23.3. The first-order valence-corrected chi connectivity index (χ1v) is 14.2. The molecule has 4 rings (SSSR count). The number of carbonyl (C=O) groups excluding carboxylic acids is 1. The Morgan fingerprint density at radius 1 is 1.07 bits per heavy atom. The van der Waals surface area contributed by atoms with Crippen LogP contribution in [0.1, 0.15) is 91.4 Å². The fourth-order valence-corrected chi connectivity index (χ4v) is 9.26. The molecule has 0 saturated heterocycles. The van der Waals surface area contributed by atoms with Crippen molar-refractivity contribution in [1.82, 2.24) is 0 Å². The zero-order valence-corrected chi connectivity index (χ0v) is 21.5. The number of aliphatic hydroxyl groups excluding tert-OH is 1. The molecule has 172 valence electrons. The molecule has 4 heteroatoms. The van der Waals surface area contributed by atoms with E-state index in [1.165, 1.54) is 51.4 Å². The maximum atomic E-state index is 11.4. The fraction of sp³-hybridized carbons (Fsp3) is 0.962. The van der Waals surface area contributed by atoms with Gasteiger partial charge in [-0.1, -0.05) is 43.4 Å². The van der Waals surface area contributed by atoms with Gasteiger partial charge in [-0.15, -0.1) is 0 Å². The van der Waals surface area contributed by atoms with Crippen LogP contribution >= 0.6 is 22.6 Å². The average Bonchev–Trinajstić information content (AvgIpc) is 3.08. The second kappa shape index (κ2) is 9.19. The number of carbonyl (C=O) groups is 1. The van der Waals surface area contributed by atoms with Crippen molar-refractivity contribution in [2.24, 2.45) is 46.3 Å². The number of ether oxygens (including phenoxy) is 1. The maximum absolute atomic E-state index is 11.4. The van der Waals surface area contributed by atoms with Gasteiger partial charge >= 0.3 is 5.97 Å². The predicted molar refractivity (Wildman–Crippen MR) is 129 cm³/mol. The maximum Gasteiger partial charge on any atom is 0.315 e. The lowest BCUT2D eigenvalue weighted by molar-refractivity contribution is -0.140. The molecule has 0 unspecified atom stereocenters. The van der Waals surface area contributed by atoms with Gasteiger partial charge in [0.05, 0.1) is 17.1 Å². The number of aliphatic hydroxyl groups is 1. The third-order valence-corrected chi connectivity index (χ3v) is 11.2. The van der Waals surface area contributed by atoms with Crippen molar-refractivity contribution in [3.05, 3.63) is 0 Å². The summed E-state index contributed by atoms with van der Waals surface area (Å²) in [4.78, 5) is 11.4. The first-order valence-electron chi connectivity index (χ1n) is 12.7. The smallest absolute Gasteiger partial charge is 0.315 e. The van der Waals surface area contributed by atoms with Crippen LogP contribution in [-0.4, -0.2) is 28.2 Å². The van der Waals surface area contributed by atoms with Crippen molar-refractivity contribution >= 4 is 28.6 Å². The molecule has 0 spiro atoms. The van der Waals surface area contributed by atoms with E-state index in [-0.39, 0.29) is 12.1 Å². The highest BCUT2D eigenvalue weighted by atomic mass is 127. The molecule has 4 saturated carbocycles. The summed E-state index contributed by atoms with van der Waals surface area (Å²) in [5.41, 5.74) is 0.993. The molecule has 0 radical (unpaired) electrons. The molecule has 0 heterocycles. The van der Waals surface area contributed by atoms with Gasteiger partial charge in [-0.25, -0.2) is 0 Å². The van der Waals surface area contributed by atoms with Gasteiger partial charge in [-0.2, -0.15) is 0 Å². The summed E-state index contributed by atoms with van der Waals surface area (Å²) >= 11 is 2.07. The van der Waals surface area contributed by atoms with Crippen LogP contribution in [0.15, 0.2) is 0 Å². The highest BCUT2D eigenvalue weighted by Crippen LogP contribution is 2.68. The molecule has 3 nitrogen and oxygen atoms in total. The second-order valence-electron chi connectivity index (χ2n) is 11.8. The standard InChI is InChI=1S/C26H43IO3/c1-17(5-4-14-30-24(29)16-27)21-8-9-22-20-7-6-18-15-19(28)10-12-25(18,2)23(20)11-13-26(21,22)3/h17-23,28H,4-16H2,1-3H3/t17-,18-,19-,20+,21-,22+,23+,25+,26-/m1/s1. The number of fused-ring (bicyclic) bond motifs is 5. The van der Waals surface area contributed by atoms with Crippen LogP contribution in [0.4, 0.5) is 0 Å². The summed E-state index contributed by atoms with van der Waals surface area (Å²) in [5.74, 6) is 4.96. The quantitative estimate of drug-likeness (QED) is 0.187. The summed E-state index contributed by atoms with van der Waals surface area (Å²) in [6.07, 6.45) is 13.9. The molecular weight excluding hydrogens is 487 g/mol. The average molecular weight is 531 g/mol. The zero-order valence-electron chi connectivity index (χ0n) is 19.4. The van der Waals surface area contributed by atoms with Crippen molar-refractivity contribution < 1.29 is 14.6 Å². The largest absolute Gasteiger partial charge is 0.465 e. The molecule has 4 aliphatic rings. The summed E-state index contributed by atoms with van der Waals surface area (Å²) < 4.78 is 5.77. The number of alkyl halides is 1. The van der Waals surface area contributed by atoms with E-state index < -0.39 is 0 Å². The van der Waals surface area contributed by atoms with E-state index in [1.807, 2.05) is 0 Å². The number of esters is 1. The Labute approximate surface area is 197 Å². The molecule has 0 aromatic heterocycles. The number of hydrogen-bond acceptors (Lipinski definition) is 3. The van der Waals surface area contributed by atoms with Crippen LogP contribution in [0.25, 0.3) is 0 Å². The monoisotopic (exact) mass is 530 g/mol. The summed E-state index contributed by atoms with van der Waals surface area (Å²) in [5, 5.41) is 10.3. The van der Waals surface area contributed by atoms with Gasteiger partial charge in [-0.05, 0) is 117 Å². The highest BCUT2D eigenvalue weighted by molar-refractivity contribution is 14.1. The van der Waals surface area contributed by atoms with Gasteiger partial charge in [0, 0.05) is 0 Å². The van der Waals surface area contributed by atoms with Gasteiger partial charge in [0.2, 0.25) is 0 Å². The normalized spacial score (nSPS) is 46.4. The molecule has 0 aromatic carbocycles. The Bertz CT molecular complexity index is 623. The minimum atomic E-state index is -0.0752. The van der Waals surface area contributed by atoms with Gasteiger partial charge in [-0.3, -0.25) is 4.79 Å². The van der Waals surface area contributed by atoms with Crippen LogP contribution in [0.5, 0.6) is 0 Å². The van der Waals surface area contributed by atoms with Crippen molar-refractivity contribution in [3.8, 4) is 0 Å². The molecule has 0 bridgehead atoms. The highest BCUT2D eigenvalue weighted by Gasteiger charge is 2.60. The van der Waals surface area contributed by atoms with E-state index >= 15 is 0 Å². The van der Waals surface area contributed by atoms with Crippen molar-refractivity contribution in [1.29, 1.82) is 0 Å². The van der Waals surface area contributed by atoms with Crippen molar-refractivity contribution in [3.63, 3.8) is 0 Å². The van der Waals surface area contributed by atoms with E-state index in [0.29, 0.717) is 21.9 Å². The molecule has 4 aliphatic carbocycles. The minimum absolute atomic E-state index is 0.0404. The number of hydrogen-bond donors (Lipinski definition) is 1. The van der Waals surface area contributed by atoms with E-state index in [4.69, 9.17) is 4.74 Å². The van der Waals surface area contributed by atoms with E-state index in [2.05, 4.69) is 43.4 Å². The molecule has 0 aliphatic heterocycles. The lowest BCUT2D eigenvalue weighted by atomic mass is 9.44. The Morgan fingerprint density at radius 3 is 2.57 bits per heavy atom. The summed E-state index contributed by atoms with van der Waals surface area (Å²) in [6.45, 7) is 8.28. The molecule has 4 fully saturated rings. The predicted octanol–water partition coefficient (Wildman–Crippen LogP) is 6.40. The van der Waals surface area contributed by atoms with E-state index in [9.17, 15) is 9.90 Å². The lowest BCUT2D eigenvalue weighted by Crippen LogP contribution is -2.54. The topological polar surface area (TPSA) is 46.5 Å². The minimum Gasteiger partial charge on any atom is -0.465 e. The summed E-state index contributed by atoms with van der Waals surface area (Å²) in [7, 11) is 0. The molecule has 9 atom stereocenters. The Hall–Kier alpha value is 0.160. The van der Waals surface area contributed by atoms with Gasteiger partial charge in [0.15, 0.2) is 0 Å². The Kier molecular flexibility index (Phi) is 7.14. The Morgan fingerprint density at radius 2 is 1.80 bits per heavy atom. The molecule has 30 heavy (non-hydrogen) atoms. The van der Waals surface area contributed by atoms with Crippen LogP contribution in [-0.2, 0) is 9.53 Å². The first-order chi connectivity index (χ1) is 14.3. The summed E-state index contributed by atoms with van der Waals surface area (Å²) in [6, 6.07) is 0. The second-order valence-corrected chi connectivity index (χ2v) is 12.5. The van der Waals surface area contributed by atoms with Crippen molar-refractivity contribution in [2.45, 2.75) is 97.5 Å². The number of rotatable bonds is 6. The SMILES string of the molecule is C[C@H](CCCOC(=O)CI)[C@H]1CC[C@H]2[C@@H]3CC[C@@H]4C[C@H](O)CC[C@]4(C)[C@H]3CC[C@]12C. The van der Waals surface area contributed by atoms with Crippen molar-refractivity contribution in [2.75, 3.05) is 11.0 Å². The van der Waals surface area contributed by atoms with Gasteiger partial charge in [0.1, 0.15) is 0 Å². The molecular formula is C26H43IO3. The zero-order chi connectivity index (χ0) is 21.5. The van der Waals surface area contributed by atoms with E-state index in [1.54, 1.807) is 0 Å². The van der Waals surface area contributed by atoms with Crippen LogP contribution in [0, 0.1) is 46.3 Å². The van der Waals surface area contributed by atoms with Crippen LogP contribution in [0.3, 0.4) is 0 Å². The van der Waals surface area contributed by atoms with Gasteiger partial charge in [0.25, 0.3) is 0 Å². The van der Waals surface area contributed by atoms with Crippen LogP contribution in [0.2, 0.25) is 0 Å². The third kappa shape index (κ3) is 4.10. The third-order valence-electron chi connectivity index (χ3n) is 10.6. The Balaban J connectivity index is 1.39. The molecule has 0 amide bonds.